The molecule has 3 heteroatoms. The van der Waals surface area contributed by atoms with E-state index in [-0.39, 0.29) is 0 Å². The SMILES string of the molecule is CCc1cc2c(-c3ccccc3CC)c(C(C)C)ccc2[cH-]1.[Cl][Zr][Cl]. The normalized spacial score (nSPS) is 10.7. The van der Waals surface area contributed by atoms with Crippen molar-refractivity contribution in [2.75, 3.05) is 0 Å². The van der Waals surface area contributed by atoms with Crippen molar-refractivity contribution < 1.29 is 20.8 Å². The van der Waals surface area contributed by atoms with Crippen LogP contribution in [0.3, 0.4) is 0 Å². The van der Waals surface area contributed by atoms with Crippen molar-refractivity contribution in [3.05, 3.63) is 65.2 Å². The van der Waals surface area contributed by atoms with E-state index in [4.69, 9.17) is 17.0 Å². The van der Waals surface area contributed by atoms with Gasteiger partial charge in [0.25, 0.3) is 0 Å². The first kappa shape index (κ1) is 20.8. The van der Waals surface area contributed by atoms with Gasteiger partial charge in [-0.2, -0.15) is 6.07 Å². The van der Waals surface area contributed by atoms with Gasteiger partial charge in [-0.15, -0.1) is 34.5 Å². The van der Waals surface area contributed by atoms with Crippen LogP contribution in [0.25, 0.3) is 21.9 Å². The molecular weight excluding hydrogens is 426 g/mol. The standard InChI is InChI=1S/C22H25.2ClH.Zr/c1-5-16-13-18-11-12-19(15(3)4)22(21(18)14-16)20-10-8-7-9-17(20)6-2;;;/h7-15H,5-6H2,1-4H3;2*1H;/q-1;;;+2/p-2. The van der Waals surface area contributed by atoms with Crippen LogP contribution in [0.1, 0.15) is 50.3 Å². The zero-order chi connectivity index (χ0) is 18.4. The van der Waals surface area contributed by atoms with Crippen LogP contribution in [0.4, 0.5) is 0 Å². The summed E-state index contributed by atoms with van der Waals surface area (Å²) in [6.07, 6.45) is 2.17. The van der Waals surface area contributed by atoms with E-state index in [2.05, 4.69) is 76.2 Å². The Bertz CT molecular complexity index is 818. The number of hydrogen-bond donors (Lipinski definition) is 0. The van der Waals surface area contributed by atoms with Crippen LogP contribution >= 0.6 is 17.0 Å². The van der Waals surface area contributed by atoms with Gasteiger partial charge >= 0.3 is 37.9 Å². The molecular formula is C22H25Cl2Zr-. The van der Waals surface area contributed by atoms with E-state index in [1.54, 1.807) is 0 Å². The number of benzene rings is 2. The van der Waals surface area contributed by atoms with Gasteiger partial charge in [0, 0.05) is 0 Å². The summed E-state index contributed by atoms with van der Waals surface area (Å²) in [7, 11) is 9.87. The molecule has 0 N–H and O–H groups in total. The summed E-state index contributed by atoms with van der Waals surface area (Å²) in [5.41, 5.74) is 7.20. The Morgan fingerprint density at radius 2 is 1.68 bits per heavy atom. The van der Waals surface area contributed by atoms with E-state index >= 15 is 0 Å². The molecule has 0 bridgehead atoms. The number of fused-ring (bicyclic) bond motifs is 1. The molecule has 3 rings (SSSR count). The minimum atomic E-state index is -0.826. The van der Waals surface area contributed by atoms with Crippen LogP contribution in [0.15, 0.2) is 48.5 Å². The van der Waals surface area contributed by atoms with Crippen molar-refractivity contribution in [3.8, 4) is 11.1 Å². The molecule has 0 atom stereocenters. The first-order valence-electron chi connectivity index (χ1n) is 8.84. The van der Waals surface area contributed by atoms with Crippen LogP contribution in [-0.2, 0) is 33.7 Å². The third-order valence-corrected chi connectivity index (χ3v) is 4.68. The van der Waals surface area contributed by atoms with E-state index in [0.29, 0.717) is 5.92 Å². The van der Waals surface area contributed by atoms with Gasteiger partial charge in [0.15, 0.2) is 0 Å². The van der Waals surface area contributed by atoms with Crippen LogP contribution in [-0.4, -0.2) is 0 Å². The van der Waals surface area contributed by atoms with E-state index in [9.17, 15) is 0 Å². The topological polar surface area (TPSA) is 0 Å². The molecule has 132 valence electrons. The summed E-state index contributed by atoms with van der Waals surface area (Å²) in [6.45, 7) is 9.07. The monoisotopic (exact) mass is 449 g/mol. The number of aryl methyl sites for hydroxylation is 2. The maximum atomic E-state index is 4.93. The van der Waals surface area contributed by atoms with Gasteiger partial charge < -0.3 is 0 Å². The van der Waals surface area contributed by atoms with Crippen molar-refractivity contribution in [2.24, 2.45) is 0 Å². The van der Waals surface area contributed by atoms with E-state index in [0.717, 1.165) is 12.8 Å². The Kier molecular flexibility index (Phi) is 8.33. The molecule has 0 amide bonds. The second-order valence-corrected chi connectivity index (χ2v) is 10.2. The van der Waals surface area contributed by atoms with Crippen molar-refractivity contribution in [2.45, 2.75) is 46.5 Å². The Hall–Kier alpha value is -0.487. The molecule has 0 fully saturated rings. The second kappa shape index (κ2) is 10.0. The van der Waals surface area contributed by atoms with E-state index < -0.39 is 20.8 Å². The third-order valence-electron chi connectivity index (χ3n) is 4.68. The first-order valence-corrected chi connectivity index (χ1v) is 15.2. The Balaban J connectivity index is 0.000000701. The number of hydrogen-bond acceptors (Lipinski definition) is 0. The van der Waals surface area contributed by atoms with Gasteiger partial charge in [-0.1, -0.05) is 63.1 Å². The number of rotatable bonds is 4. The predicted octanol–water partition coefficient (Wildman–Crippen LogP) is 7.85. The van der Waals surface area contributed by atoms with Crippen molar-refractivity contribution >= 4 is 27.8 Å². The number of halogens is 2. The molecule has 0 unspecified atom stereocenters. The molecule has 0 aliphatic rings. The van der Waals surface area contributed by atoms with Gasteiger partial charge in [0.2, 0.25) is 0 Å². The third kappa shape index (κ3) is 4.82. The molecule has 3 aromatic carbocycles. The molecule has 0 heterocycles. The summed E-state index contributed by atoms with van der Waals surface area (Å²) in [5.74, 6) is 0.532. The van der Waals surface area contributed by atoms with Crippen molar-refractivity contribution in [1.82, 2.24) is 0 Å². The van der Waals surface area contributed by atoms with Crippen LogP contribution in [0.2, 0.25) is 0 Å². The molecule has 0 aliphatic carbocycles. The summed E-state index contributed by atoms with van der Waals surface area (Å²) in [6, 6.07) is 18.2. The Morgan fingerprint density at radius 3 is 2.28 bits per heavy atom. The maximum absolute atomic E-state index is 4.93. The molecule has 0 aliphatic heterocycles. The van der Waals surface area contributed by atoms with Gasteiger partial charge in [-0.25, -0.2) is 0 Å². The van der Waals surface area contributed by atoms with Crippen LogP contribution in [0.5, 0.6) is 0 Å². The molecule has 3 aromatic rings. The molecule has 0 saturated carbocycles. The quantitative estimate of drug-likeness (QED) is 0.354. The second-order valence-electron chi connectivity index (χ2n) is 6.49. The molecule has 0 radical (unpaired) electrons. The Labute approximate surface area is 170 Å². The fourth-order valence-electron chi connectivity index (χ4n) is 3.42. The van der Waals surface area contributed by atoms with E-state index in [1.807, 2.05) is 0 Å². The average Bonchev–Trinajstić information content (AvgIpc) is 3.04. The van der Waals surface area contributed by atoms with Crippen LogP contribution < -0.4 is 0 Å². The molecule has 25 heavy (non-hydrogen) atoms. The summed E-state index contributed by atoms with van der Waals surface area (Å²) in [5, 5.41) is 2.80. The molecule has 0 aromatic heterocycles. The average molecular weight is 452 g/mol. The molecule has 0 spiro atoms. The fourth-order valence-corrected chi connectivity index (χ4v) is 3.42. The summed E-state index contributed by atoms with van der Waals surface area (Å²) >= 11 is -0.826. The molecule has 0 saturated heterocycles. The van der Waals surface area contributed by atoms with Gasteiger partial charge in [0.05, 0.1) is 0 Å². The zero-order valence-corrected chi connectivity index (χ0v) is 19.3. The van der Waals surface area contributed by atoms with E-state index in [1.165, 1.54) is 38.6 Å². The summed E-state index contributed by atoms with van der Waals surface area (Å²) in [4.78, 5) is 0. The Morgan fingerprint density at radius 1 is 1.00 bits per heavy atom. The zero-order valence-electron chi connectivity index (χ0n) is 15.4. The first-order chi connectivity index (χ1) is 12.1. The fraction of sp³-hybridized carbons (Fsp3) is 0.318. The molecule has 0 nitrogen and oxygen atoms in total. The predicted molar refractivity (Wildman–Crippen MR) is 110 cm³/mol. The van der Waals surface area contributed by atoms with Crippen LogP contribution in [0, 0.1) is 0 Å². The summed E-state index contributed by atoms with van der Waals surface area (Å²) < 4.78 is 0. The van der Waals surface area contributed by atoms with Crippen molar-refractivity contribution in [3.63, 3.8) is 0 Å². The minimum absolute atomic E-state index is 0.532. The van der Waals surface area contributed by atoms with Gasteiger partial charge in [0.1, 0.15) is 0 Å². The van der Waals surface area contributed by atoms with Crippen molar-refractivity contribution in [1.29, 1.82) is 0 Å². The van der Waals surface area contributed by atoms with Gasteiger partial charge in [-0.05, 0) is 29.9 Å². The van der Waals surface area contributed by atoms with Gasteiger partial charge in [-0.3, -0.25) is 0 Å².